The molecule has 0 amide bonds. The van der Waals surface area contributed by atoms with Gasteiger partial charge in [-0.3, -0.25) is 0 Å². The molecule has 4 heteroatoms. The molecule has 94 valence electrons. The van der Waals surface area contributed by atoms with Crippen molar-refractivity contribution in [2.24, 2.45) is 11.8 Å². The number of nitrogens with one attached hydrogen (secondary N) is 1. The molecule has 2 aromatic rings. The maximum Gasteiger partial charge on any atom is 0.106 e. The molecule has 2 aliphatic rings. The molecular weight excluding hydrogens is 264 g/mol. The number of halogens is 1. The van der Waals surface area contributed by atoms with E-state index in [0.29, 0.717) is 6.04 Å². The fourth-order valence-electron chi connectivity index (χ4n) is 3.32. The Labute approximate surface area is 115 Å². The van der Waals surface area contributed by atoms with Gasteiger partial charge in [0.1, 0.15) is 5.52 Å². The van der Waals surface area contributed by atoms with Crippen LogP contribution in [0.25, 0.3) is 10.2 Å². The Morgan fingerprint density at radius 2 is 2.28 bits per heavy atom. The van der Waals surface area contributed by atoms with Crippen LogP contribution < -0.4 is 5.32 Å². The van der Waals surface area contributed by atoms with Crippen molar-refractivity contribution in [3.8, 4) is 0 Å². The molecule has 2 saturated carbocycles. The topological polar surface area (TPSA) is 24.9 Å². The highest BCUT2D eigenvalue weighted by molar-refractivity contribution is 7.16. The summed E-state index contributed by atoms with van der Waals surface area (Å²) in [5, 5.41) is 4.48. The van der Waals surface area contributed by atoms with E-state index in [9.17, 15) is 0 Å². The van der Waals surface area contributed by atoms with E-state index >= 15 is 0 Å². The number of rotatable bonds is 2. The van der Waals surface area contributed by atoms with Gasteiger partial charge in [0.25, 0.3) is 0 Å². The average Bonchev–Trinajstić information content (AvgIpc) is 3.02. The summed E-state index contributed by atoms with van der Waals surface area (Å²) < 4.78 is 1.21. The van der Waals surface area contributed by atoms with Crippen molar-refractivity contribution in [1.29, 1.82) is 0 Å². The van der Waals surface area contributed by atoms with Gasteiger partial charge in [-0.2, -0.15) is 0 Å². The Bertz CT molecular complexity index is 594. The smallest absolute Gasteiger partial charge is 0.106 e. The van der Waals surface area contributed by atoms with Crippen LogP contribution in [-0.4, -0.2) is 11.0 Å². The first-order chi connectivity index (χ1) is 8.83. The van der Waals surface area contributed by atoms with Crippen LogP contribution in [0.3, 0.4) is 0 Å². The maximum absolute atomic E-state index is 6.34. The van der Waals surface area contributed by atoms with Gasteiger partial charge < -0.3 is 5.32 Å². The third-order valence-corrected chi connectivity index (χ3v) is 5.47. The van der Waals surface area contributed by atoms with Crippen molar-refractivity contribution in [2.75, 3.05) is 5.32 Å². The zero-order valence-electron chi connectivity index (χ0n) is 10.0. The van der Waals surface area contributed by atoms with Crippen LogP contribution in [0.2, 0.25) is 5.02 Å². The van der Waals surface area contributed by atoms with E-state index in [-0.39, 0.29) is 0 Å². The van der Waals surface area contributed by atoms with Crippen LogP contribution in [0.1, 0.15) is 25.7 Å². The molecule has 0 aliphatic heterocycles. The predicted molar refractivity (Wildman–Crippen MR) is 77.5 cm³/mol. The summed E-state index contributed by atoms with van der Waals surface area (Å²) >= 11 is 8.02. The monoisotopic (exact) mass is 278 g/mol. The van der Waals surface area contributed by atoms with Crippen molar-refractivity contribution >= 4 is 38.8 Å². The van der Waals surface area contributed by atoms with Crippen molar-refractivity contribution in [3.05, 3.63) is 22.7 Å². The highest BCUT2D eigenvalue weighted by atomic mass is 35.5. The van der Waals surface area contributed by atoms with Gasteiger partial charge in [0.05, 0.1) is 20.9 Å². The number of fused-ring (bicyclic) bond motifs is 2. The zero-order chi connectivity index (χ0) is 12.1. The van der Waals surface area contributed by atoms with Crippen LogP contribution in [0.5, 0.6) is 0 Å². The second kappa shape index (κ2) is 4.10. The fraction of sp³-hybridized carbons (Fsp3) is 0.500. The molecule has 1 N–H and O–H groups in total. The van der Waals surface area contributed by atoms with Gasteiger partial charge in [0, 0.05) is 6.04 Å². The van der Waals surface area contributed by atoms with Gasteiger partial charge in [-0.1, -0.05) is 24.4 Å². The van der Waals surface area contributed by atoms with E-state index in [1.165, 1.54) is 30.4 Å². The Hall–Kier alpha value is -0.800. The summed E-state index contributed by atoms with van der Waals surface area (Å²) in [6, 6.07) is 4.65. The molecule has 4 rings (SSSR count). The third-order valence-electron chi connectivity index (χ3n) is 4.37. The molecule has 3 unspecified atom stereocenters. The molecule has 18 heavy (non-hydrogen) atoms. The van der Waals surface area contributed by atoms with E-state index in [0.717, 1.165) is 28.1 Å². The molecular formula is C14H15ClN2S. The molecule has 0 spiro atoms. The lowest BCUT2D eigenvalue weighted by Crippen LogP contribution is -2.25. The molecule has 3 atom stereocenters. The lowest BCUT2D eigenvalue weighted by Gasteiger charge is -2.24. The Morgan fingerprint density at radius 1 is 1.33 bits per heavy atom. The second-order valence-electron chi connectivity index (χ2n) is 5.46. The Morgan fingerprint density at radius 3 is 3.22 bits per heavy atom. The van der Waals surface area contributed by atoms with E-state index in [1.54, 1.807) is 11.3 Å². The van der Waals surface area contributed by atoms with E-state index in [4.69, 9.17) is 11.6 Å². The van der Waals surface area contributed by atoms with Gasteiger partial charge in [0.2, 0.25) is 0 Å². The van der Waals surface area contributed by atoms with Gasteiger partial charge in [-0.25, -0.2) is 4.98 Å². The first-order valence-corrected chi connectivity index (χ1v) is 7.87. The highest BCUT2D eigenvalue weighted by Crippen LogP contribution is 2.51. The summed E-state index contributed by atoms with van der Waals surface area (Å²) in [5.74, 6) is 1.85. The van der Waals surface area contributed by atoms with Gasteiger partial charge >= 0.3 is 0 Å². The SMILES string of the molecule is Clc1ccc2scnc2c1NC1CCCC2CC21. The number of anilines is 1. The number of nitrogens with zero attached hydrogens (tertiary/aromatic N) is 1. The normalized spacial score (nSPS) is 30.2. The van der Waals surface area contributed by atoms with Crippen molar-refractivity contribution in [2.45, 2.75) is 31.7 Å². The second-order valence-corrected chi connectivity index (χ2v) is 6.76. The van der Waals surface area contributed by atoms with Crippen LogP contribution >= 0.6 is 22.9 Å². The van der Waals surface area contributed by atoms with Crippen LogP contribution in [0, 0.1) is 11.8 Å². The molecule has 1 aromatic carbocycles. The minimum atomic E-state index is 0.605. The number of benzene rings is 1. The molecule has 1 aromatic heterocycles. The molecule has 2 nitrogen and oxygen atoms in total. The molecule has 1 heterocycles. The van der Waals surface area contributed by atoms with Crippen LogP contribution in [0.15, 0.2) is 17.6 Å². The standard InChI is InChI=1S/C14H15ClN2S/c15-10-4-5-12-14(16-7-18-12)13(10)17-11-3-1-2-8-6-9(8)11/h4-5,7-9,11,17H,1-3,6H2. The lowest BCUT2D eigenvalue weighted by molar-refractivity contribution is 0.440. The number of hydrogen-bond donors (Lipinski definition) is 1. The molecule has 2 aliphatic carbocycles. The highest BCUT2D eigenvalue weighted by Gasteiger charge is 2.45. The summed E-state index contributed by atoms with van der Waals surface area (Å²) in [4.78, 5) is 4.46. The van der Waals surface area contributed by atoms with Gasteiger partial charge in [-0.05, 0) is 36.8 Å². The maximum atomic E-state index is 6.34. The lowest BCUT2D eigenvalue weighted by atomic mass is 9.95. The molecule has 0 saturated heterocycles. The minimum Gasteiger partial charge on any atom is -0.379 e. The Kier molecular flexibility index (Phi) is 2.52. The van der Waals surface area contributed by atoms with Crippen molar-refractivity contribution in [1.82, 2.24) is 4.98 Å². The third kappa shape index (κ3) is 1.72. The Balaban J connectivity index is 1.69. The quantitative estimate of drug-likeness (QED) is 0.872. The van der Waals surface area contributed by atoms with Crippen molar-refractivity contribution in [3.63, 3.8) is 0 Å². The molecule has 0 bridgehead atoms. The first-order valence-electron chi connectivity index (χ1n) is 6.61. The van der Waals surface area contributed by atoms with E-state index in [1.807, 2.05) is 11.6 Å². The average molecular weight is 279 g/mol. The number of aromatic nitrogens is 1. The minimum absolute atomic E-state index is 0.605. The first kappa shape index (κ1) is 11.1. The summed E-state index contributed by atoms with van der Waals surface area (Å²) in [7, 11) is 0. The largest absolute Gasteiger partial charge is 0.379 e. The predicted octanol–water partition coefficient (Wildman–Crippen LogP) is 4.55. The summed E-state index contributed by atoms with van der Waals surface area (Å²) in [6.45, 7) is 0. The fourth-order valence-corrected chi connectivity index (χ4v) is 4.21. The summed E-state index contributed by atoms with van der Waals surface area (Å²) in [5.41, 5.74) is 3.98. The van der Waals surface area contributed by atoms with E-state index in [2.05, 4.69) is 16.4 Å². The molecule has 0 radical (unpaired) electrons. The van der Waals surface area contributed by atoms with Crippen LogP contribution in [0.4, 0.5) is 5.69 Å². The zero-order valence-corrected chi connectivity index (χ0v) is 11.6. The van der Waals surface area contributed by atoms with E-state index < -0.39 is 0 Å². The van der Waals surface area contributed by atoms with Gasteiger partial charge in [0.15, 0.2) is 0 Å². The number of hydrogen-bond acceptors (Lipinski definition) is 3. The summed E-state index contributed by atoms with van der Waals surface area (Å²) in [6.07, 6.45) is 5.46. The van der Waals surface area contributed by atoms with Crippen LogP contribution in [-0.2, 0) is 0 Å². The molecule has 2 fully saturated rings. The van der Waals surface area contributed by atoms with Crippen molar-refractivity contribution < 1.29 is 0 Å². The number of thiazole rings is 1. The van der Waals surface area contributed by atoms with Gasteiger partial charge in [-0.15, -0.1) is 11.3 Å².